The normalized spacial score (nSPS) is 46.4. The Kier molecular flexibility index (Phi) is 13.3. The third-order valence-electron chi connectivity index (χ3n) is 8.12. The highest BCUT2D eigenvalue weighted by atomic mass is 16.7. The Hall–Kier alpha value is -0.600. The van der Waals surface area contributed by atoms with Gasteiger partial charge in [0, 0.05) is 32.0 Å². The Labute approximate surface area is 233 Å². The van der Waals surface area contributed by atoms with Gasteiger partial charge >= 0.3 is 0 Å². The summed E-state index contributed by atoms with van der Waals surface area (Å²) in [4.78, 5) is 0. The number of aliphatic hydroxyl groups excluding tert-OH is 8. The first-order valence-electron chi connectivity index (χ1n) is 13.5. The Morgan fingerprint density at radius 2 is 1.07 bits per heavy atom. The summed E-state index contributed by atoms with van der Waals surface area (Å²) < 4.78 is 38.9. The summed E-state index contributed by atoms with van der Waals surface area (Å²) in [7, 11) is 2.84. The number of hydrogen-bond acceptors (Lipinski definition) is 15. The lowest BCUT2D eigenvalue weighted by atomic mass is 9.87. The second kappa shape index (κ2) is 15.7. The lowest BCUT2D eigenvalue weighted by Crippen LogP contribution is -2.60. The maximum absolute atomic E-state index is 10.9. The van der Waals surface area contributed by atoms with Crippen LogP contribution in [0.1, 0.15) is 6.92 Å². The van der Waals surface area contributed by atoms with Crippen LogP contribution in [-0.4, -0.2) is 175 Å². The summed E-state index contributed by atoms with van der Waals surface area (Å²) >= 11 is 0. The molecule has 0 aromatic carbocycles. The standard InChI is InChI=1S/C25H46O15/c1-11-14(4-26)40-25(24(33)19(11)28)37-10-16-13(21(30)22(31)17(39-16)8-35-3)7-36-9-18-23(32)20(29)12(6-34-2)15(5-27)38-18/h11-33H,4-10H2,1-3H3. The minimum atomic E-state index is -1.40. The third-order valence-corrected chi connectivity index (χ3v) is 8.12. The van der Waals surface area contributed by atoms with Crippen LogP contribution in [0, 0.1) is 17.8 Å². The molecule has 15 unspecified atom stereocenters. The number of aliphatic hydroxyl groups is 8. The first-order valence-corrected chi connectivity index (χ1v) is 13.5. The molecule has 3 heterocycles. The Bertz CT molecular complexity index is 728. The van der Waals surface area contributed by atoms with Gasteiger partial charge in [-0.05, 0) is 0 Å². The average Bonchev–Trinajstić information content (AvgIpc) is 2.94. The number of hydrogen-bond donors (Lipinski definition) is 8. The molecule has 8 N–H and O–H groups in total. The van der Waals surface area contributed by atoms with E-state index in [9.17, 15) is 40.9 Å². The van der Waals surface area contributed by atoms with Gasteiger partial charge in [-0.25, -0.2) is 0 Å². The van der Waals surface area contributed by atoms with E-state index in [1.54, 1.807) is 6.92 Å². The van der Waals surface area contributed by atoms with Crippen molar-refractivity contribution >= 4 is 0 Å². The van der Waals surface area contributed by atoms with E-state index >= 15 is 0 Å². The van der Waals surface area contributed by atoms with Gasteiger partial charge in [0.25, 0.3) is 0 Å². The maximum Gasteiger partial charge on any atom is 0.186 e. The Morgan fingerprint density at radius 3 is 1.65 bits per heavy atom. The smallest absolute Gasteiger partial charge is 0.186 e. The molecule has 15 nitrogen and oxygen atoms in total. The molecule has 40 heavy (non-hydrogen) atoms. The summed E-state index contributed by atoms with van der Waals surface area (Å²) in [5.41, 5.74) is 0. The highest BCUT2D eigenvalue weighted by Gasteiger charge is 2.48. The van der Waals surface area contributed by atoms with Crippen molar-refractivity contribution in [1.82, 2.24) is 0 Å². The second-order valence-electron chi connectivity index (χ2n) is 10.7. The van der Waals surface area contributed by atoms with E-state index in [4.69, 9.17) is 33.2 Å². The monoisotopic (exact) mass is 586 g/mol. The van der Waals surface area contributed by atoms with E-state index in [1.165, 1.54) is 14.2 Å². The van der Waals surface area contributed by atoms with Crippen molar-refractivity contribution in [2.45, 2.75) is 80.4 Å². The molecule has 3 aliphatic rings. The zero-order chi connectivity index (χ0) is 29.6. The predicted molar refractivity (Wildman–Crippen MR) is 133 cm³/mol. The molecular weight excluding hydrogens is 540 g/mol. The summed E-state index contributed by atoms with van der Waals surface area (Å²) in [5, 5.41) is 82.6. The van der Waals surface area contributed by atoms with Crippen LogP contribution in [0.3, 0.4) is 0 Å². The van der Waals surface area contributed by atoms with Crippen LogP contribution < -0.4 is 0 Å². The molecule has 3 saturated heterocycles. The molecule has 3 rings (SSSR count). The van der Waals surface area contributed by atoms with Gasteiger partial charge in [-0.2, -0.15) is 0 Å². The van der Waals surface area contributed by atoms with Crippen molar-refractivity contribution in [3.05, 3.63) is 0 Å². The molecule has 3 fully saturated rings. The maximum atomic E-state index is 10.9. The van der Waals surface area contributed by atoms with E-state index in [0.29, 0.717) is 0 Å². The molecule has 0 amide bonds. The summed E-state index contributed by atoms with van der Waals surface area (Å²) in [6, 6.07) is 0. The average molecular weight is 587 g/mol. The van der Waals surface area contributed by atoms with Crippen molar-refractivity contribution in [2.24, 2.45) is 17.8 Å². The lowest BCUT2D eigenvalue weighted by molar-refractivity contribution is -0.304. The van der Waals surface area contributed by atoms with Gasteiger partial charge in [-0.15, -0.1) is 0 Å². The van der Waals surface area contributed by atoms with Gasteiger partial charge in [0.1, 0.15) is 30.5 Å². The van der Waals surface area contributed by atoms with Gasteiger partial charge in [0.2, 0.25) is 0 Å². The molecule has 0 saturated carbocycles. The molecular formula is C25H46O15. The highest BCUT2D eigenvalue weighted by Crippen LogP contribution is 2.31. The van der Waals surface area contributed by atoms with Crippen LogP contribution in [0.2, 0.25) is 0 Å². The highest BCUT2D eigenvalue weighted by molar-refractivity contribution is 4.94. The van der Waals surface area contributed by atoms with Crippen molar-refractivity contribution in [3.63, 3.8) is 0 Å². The topological polar surface area (TPSA) is 226 Å². The van der Waals surface area contributed by atoms with Gasteiger partial charge in [0.15, 0.2) is 6.29 Å². The SMILES string of the molecule is COCC1OC(COC2OC(CO)C(C)C(O)C2O)C(COCC2OC(CO)C(COC)C(O)C2O)C(O)C1O. The fourth-order valence-electron chi connectivity index (χ4n) is 5.51. The second-order valence-corrected chi connectivity index (χ2v) is 10.7. The molecule has 0 aliphatic carbocycles. The molecule has 0 bridgehead atoms. The Morgan fingerprint density at radius 1 is 0.525 bits per heavy atom. The van der Waals surface area contributed by atoms with Crippen LogP contribution in [0.25, 0.3) is 0 Å². The zero-order valence-corrected chi connectivity index (χ0v) is 23.0. The van der Waals surface area contributed by atoms with Gasteiger partial charge < -0.3 is 74.0 Å². The molecule has 15 atom stereocenters. The van der Waals surface area contributed by atoms with E-state index < -0.39 is 104 Å². The molecule has 0 aromatic heterocycles. The summed E-state index contributed by atoms with van der Waals surface area (Å²) in [6.45, 7) is 0.221. The van der Waals surface area contributed by atoms with E-state index in [-0.39, 0.29) is 33.0 Å². The number of methoxy groups -OCH3 is 2. The molecule has 0 aromatic rings. The quantitative estimate of drug-likeness (QED) is 0.102. The van der Waals surface area contributed by atoms with Crippen LogP contribution in [0.5, 0.6) is 0 Å². The summed E-state index contributed by atoms with van der Waals surface area (Å²) in [6.07, 6.45) is -13.5. The molecule has 0 radical (unpaired) electrons. The Balaban J connectivity index is 1.65. The predicted octanol–water partition coefficient (Wildman–Crippen LogP) is -4.41. The van der Waals surface area contributed by atoms with Crippen LogP contribution in [-0.2, 0) is 33.2 Å². The first kappa shape index (κ1) is 33.9. The fraction of sp³-hybridized carbons (Fsp3) is 1.00. The van der Waals surface area contributed by atoms with Crippen LogP contribution in [0.4, 0.5) is 0 Å². The van der Waals surface area contributed by atoms with Gasteiger partial charge in [-0.1, -0.05) is 6.92 Å². The number of ether oxygens (including phenoxy) is 7. The molecule has 236 valence electrons. The van der Waals surface area contributed by atoms with Crippen molar-refractivity contribution in [2.75, 3.05) is 60.5 Å². The molecule has 0 spiro atoms. The van der Waals surface area contributed by atoms with E-state index in [2.05, 4.69) is 0 Å². The minimum absolute atomic E-state index is 0.0289. The third kappa shape index (κ3) is 7.67. The zero-order valence-electron chi connectivity index (χ0n) is 23.0. The van der Waals surface area contributed by atoms with Crippen molar-refractivity contribution in [3.8, 4) is 0 Å². The summed E-state index contributed by atoms with van der Waals surface area (Å²) in [5.74, 6) is -2.04. The fourth-order valence-corrected chi connectivity index (χ4v) is 5.51. The lowest BCUT2D eigenvalue weighted by Gasteiger charge is -2.45. The van der Waals surface area contributed by atoms with Gasteiger partial charge in [-0.3, -0.25) is 0 Å². The van der Waals surface area contributed by atoms with Crippen molar-refractivity contribution < 1.29 is 74.0 Å². The van der Waals surface area contributed by atoms with Crippen molar-refractivity contribution in [1.29, 1.82) is 0 Å². The first-order chi connectivity index (χ1) is 19.1. The molecule has 3 aliphatic heterocycles. The number of rotatable bonds is 13. The minimum Gasteiger partial charge on any atom is -0.394 e. The van der Waals surface area contributed by atoms with E-state index in [1.807, 2.05) is 0 Å². The van der Waals surface area contributed by atoms with E-state index in [0.717, 1.165) is 0 Å². The van der Waals surface area contributed by atoms with Crippen LogP contribution >= 0.6 is 0 Å². The molecule has 15 heteroatoms. The largest absolute Gasteiger partial charge is 0.394 e. The van der Waals surface area contributed by atoms with Gasteiger partial charge in [0.05, 0.1) is 82.9 Å². The van der Waals surface area contributed by atoms with Crippen LogP contribution in [0.15, 0.2) is 0 Å².